The fourth-order valence-electron chi connectivity index (χ4n) is 4.25. The van der Waals surface area contributed by atoms with Gasteiger partial charge in [0.05, 0.1) is 12.0 Å². The number of methoxy groups -OCH3 is 1. The lowest BCUT2D eigenvalue weighted by molar-refractivity contribution is -0.120. The minimum Gasteiger partial charge on any atom is -0.493 e. The van der Waals surface area contributed by atoms with E-state index in [1.165, 1.54) is 29.6 Å². The number of hydrogen-bond acceptors (Lipinski definition) is 5. The van der Waals surface area contributed by atoms with Gasteiger partial charge in [-0.25, -0.2) is 8.42 Å². The molecule has 2 aromatic carbocycles. The summed E-state index contributed by atoms with van der Waals surface area (Å²) in [4.78, 5) is 13.0. The Balaban J connectivity index is 1.67. The minimum absolute atomic E-state index is 0.119. The molecular weight excluding hydrogens is 454 g/mol. The van der Waals surface area contributed by atoms with Gasteiger partial charge in [-0.3, -0.25) is 4.79 Å². The number of halogens is 2. The Hall–Kier alpha value is -2.72. The van der Waals surface area contributed by atoms with Crippen molar-refractivity contribution in [2.24, 2.45) is 5.92 Å². The van der Waals surface area contributed by atoms with Gasteiger partial charge in [0.2, 0.25) is 15.9 Å². The molecule has 0 spiro atoms. The van der Waals surface area contributed by atoms with Crippen molar-refractivity contribution in [3.05, 3.63) is 47.0 Å². The van der Waals surface area contributed by atoms with E-state index in [1.807, 2.05) is 19.1 Å². The normalized spacial score (nSPS) is 15.5. The molecule has 0 aliphatic carbocycles. The van der Waals surface area contributed by atoms with Gasteiger partial charge >= 0.3 is 6.61 Å². The number of hydrogen-bond donors (Lipinski definition) is 1. The van der Waals surface area contributed by atoms with Crippen LogP contribution in [0.2, 0.25) is 0 Å². The topological polar surface area (TPSA) is 84.9 Å². The molecule has 0 aromatic heterocycles. The number of carbonyl (C=O) groups excluding carboxylic acids is 1. The lowest BCUT2D eigenvalue weighted by atomic mass is 9.97. The number of piperidine rings is 1. The molecule has 1 fully saturated rings. The number of sulfonamides is 1. The Kier molecular flexibility index (Phi) is 7.58. The van der Waals surface area contributed by atoms with E-state index in [9.17, 15) is 22.0 Å². The van der Waals surface area contributed by atoms with Crippen molar-refractivity contribution >= 4 is 21.6 Å². The summed E-state index contributed by atoms with van der Waals surface area (Å²) in [6.45, 7) is 2.90. The van der Waals surface area contributed by atoms with Gasteiger partial charge in [-0.05, 0) is 56.9 Å². The number of amides is 1. The molecule has 33 heavy (non-hydrogen) atoms. The third kappa shape index (κ3) is 5.62. The van der Waals surface area contributed by atoms with Gasteiger partial charge in [0, 0.05) is 30.8 Å². The van der Waals surface area contributed by atoms with E-state index in [4.69, 9.17) is 4.74 Å². The van der Waals surface area contributed by atoms with Crippen LogP contribution in [0.1, 0.15) is 29.5 Å². The summed E-state index contributed by atoms with van der Waals surface area (Å²) in [5, 5.41) is 2.70. The maximum absolute atomic E-state index is 13.2. The molecule has 0 unspecified atom stereocenters. The second-order valence-corrected chi connectivity index (χ2v) is 10.0. The molecule has 1 saturated heterocycles. The zero-order chi connectivity index (χ0) is 24.3. The van der Waals surface area contributed by atoms with Gasteiger partial charge in [-0.2, -0.15) is 13.1 Å². The highest BCUT2D eigenvalue weighted by Gasteiger charge is 2.33. The number of rotatable bonds is 7. The predicted octanol–water partition coefficient (Wildman–Crippen LogP) is 4.26. The molecule has 0 bridgehead atoms. The van der Waals surface area contributed by atoms with E-state index in [0.717, 1.165) is 5.56 Å². The molecule has 3 rings (SSSR count). The van der Waals surface area contributed by atoms with E-state index in [1.54, 1.807) is 13.8 Å². The zero-order valence-corrected chi connectivity index (χ0v) is 19.8. The van der Waals surface area contributed by atoms with Crippen molar-refractivity contribution in [2.75, 3.05) is 25.5 Å². The lowest BCUT2D eigenvalue weighted by Crippen LogP contribution is -2.41. The van der Waals surface area contributed by atoms with Crippen LogP contribution in [0.25, 0.3) is 0 Å². The lowest BCUT2D eigenvalue weighted by Gasteiger charge is -2.31. The van der Waals surface area contributed by atoms with E-state index in [0.29, 0.717) is 28.9 Å². The van der Waals surface area contributed by atoms with E-state index in [-0.39, 0.29) is 36.2 Å². The second kappa shape index (κ2) is 10.0. The van der Waals surface area contributed by atoms with Crippen molar-refractivity contribution in [1.29, 1.82) is 0 Å². The first-order chi connectivity index (χ1) is 15.5. The van der Waals surface area contributed by atoms with Gasteiger partial charge in [-0.15, -0.1) is 0 Å². The van der Waals surface area contributed by atoms with Crippen molar-refractivity contribution in [3.8, 4) is 11.5 Å². The highest BCUT2D eigenvalue weighted by molar-refractivity contribution is 7.89. The number of nitrogens with one attached hydrogen (secondary N) is 1. The van der Waals surface area contributed by atoms with Crippen LogP contribution < -0.4 is 14.8 Å². The van der Waals surface area contributed by atoms with Gasteiger partial charge in [-0.1, -0.05) is 17.7 Å². The monoisotopic (exact) mass is 482 g/mol. The number of carbonyl (C=O) groups is 1. The standard InChI is InChI=1S/C23H28F2N2O5S/c1-14-11-15(2)21(16(3)12-14)33(29,30)27-9-7-17(8-10-27)22(28)26-18-5-6-19(31-4)20(13-18)32-23(24)25/h5-6,11-13,17,23H,7-10H2,1-4H3,(H,26,28). The molecule has 0 saturated carbocycles. The van der Waals surface area contributed by atoms with E-state index in [2.05, 4.69) is 10.1 Å². The number of benzene rings is 2. The fourth-order valence-corrected chi connectivity index (χ4v) is 6.13. The molecule has 1 aliphatic rings. The first-order valence-corrected chi connectivity index (χ1v) is 12.0. The molecule has 2 aromatic rings. The molecule has 10 heteroatoms. The highest BCUT2D eigenvalue weighted by Crippen LogP contribution is 2.33. The Morgan fingerprint density at radius 1 is 1.06 bits per heavy atom. The average molecular weight is 483 g/mol. The SMILES string of the molecule is COc1ccc(NC(=O)C2CCN(S(=O)(=O)c3c(C)cc(C)cc3C)CC2)cc1OC(F)F. The van der Waals surface area contributed by atoms with E-state index >= 15 is 0 Å². The van der Waals surface area contributed by atoms with Crippen molar-refractivity contribution in [2.45, 2.75) is 45.1 Å². The average Bonchev–Trinajstić information content (AvgIpc) is 2.72. The molecule has 0 atom stereocenters. The smallest absolute Gasteiger partial charge is 0.387 e. The van der Waals surface area contributed by atoms with Crippen molar-refractivity contribution in [1.82, 2.24) is 4.31 Å². The van der Waals surface area contributed by atoms with Crippen molar-refractivity contribution < 1.29 is 31.5 Å². The maximum atomic E-state index is 13.2. The second-order valence-electron chi connectivity index (χ2n) is 8.14. The van der Waals surface area contributed by atoms with Crippen LogP contribution in [0.15, 0.2) is 35.2 Å². The first kappa shape index (κ1) is 24.9. The largest absolute Gasteiger partial charge is 0.493 e. The number of anilines is 1. The van der Waals surface area contributed by atoms with Crippen LogP contribution in [0.4, 0.5) is 14.5 Å². The molecule has 1 N–H and O–H groups in total. The quantitative estimate of drug-likeness (QED) is 0.638. The van der Waals surface area contributed by atoms with Crippen LogP contribution in [0.3, 0.4) is 0 Å². The fraction of sp³-hybridized carbons (Fsp3) is 0.435. The molecule has 180 valence electrons. The Bertz CT molecular complexity index is 1110. The Labute approximate surface area is 192 Å². The third-order valence-corrected chi connectivity index (χ3v) is 7.88. The minimum atomic E-state index is -3.67. The van der Waals surface area contributed by atoms with Crippen molar-refractivity contribution in [3.63, 3.8) is 0 Å². The van der Waals surface area contributed by atoms with Gasteiger partial charge < -0.3 is 14.8 Å². The highest BCUT2D eigenvalue weighted by atomic mass is 32.2. The number of ether oxygens (including phenoxy) is 2. The molecule has 1 aliphatic heterocycles. The number of alkyl halides is 2. The summed E-state index contributed by atoms with van der Waals surface area (Å²) in [7, 11) is -2.35. The van der Waals surface area contributed by atoms with Gasteiger partial charge in [0.25, 0.3) is 0 Å². The van der Waals surface area contributed by atoms with E-state index < -0.39 is 22.6 Å². The molecular formula is C23H28F2N2O5S. The summed E-state index contributed by atoms with van der Waals surface area (Å²) in [5.74, 6) is -0.773. The summed E-state index contributed by atoms with van der Waals surface area (Å²) < 4.78 is 62.6. The molecule has 0 radical (unpaired) electrons. The van der Waals surface area contributed by atoms with Crippen LogP contribution in [-0.2, 0) is 14.8 Å². The van der Waals surface area contributed by atoms with Crippen LogP contribution in [-0.4, -0.2) is 45.4 Å². The van der Waals surface area contributed by atoms with Gasteiger partial charge in [0.15, 0.2) is 11.5 Å². The summed E-state index contributed by atoms with van der Waals surface area (Å²) in [6.07, 6.45) is 0.705. The third-order valence-electron chi connectivity index (χ3n) is 5.67. The molecule has 1 amide bonds. The summed E-state index contributed by atoms with van der Waals surface area (Å²) in [6, 6.07) is 7.92. The number of aryl methyl sites for hydroxylation is 3. The van der Waals surface area contributed by atoms with Crippen LogP contribution in [0.5, 0.6) is 11.5 Å². The predicted molar refractivity (Wildman–Crippen MR) is 120 cm³/mol. The molecule has 1 heterocycles. The summed E-state index contributed by atoms with van der Waals surface area (Å²) in [5.41, 5.74) is 2.69. The first-order valence-electron chi connectivity index (χ1n) is 10.5. The maximum Gasteiger partial charge on any atom is 0.387 e. The Morgan fingerprint density at radius 2 is 1.67 bits per heavy atom. The zero-order valence-electron chi connectivity index (χ0n) is 19.0. The molecule has 7 nitrogen and oxygen atoms in total. The van der Waals surface area contributed by atoms with Gasteiger partial charge in [0.1, 0.15) is 0 Å². The van der Waals surface area contributed by atoms with Crippen LogP contribution in [0, 0.1) is 26.7 Å². The number of nitrogens with zero attached hydrogens (tertiary/aromatic N) is 1. The summed E-state index contributed by atoms with van der Waals surface area (Å²) >= 11 is 0. The van der Waals surface area contributed by atoms with Crippen LogP contribution >= 0.6 is 0 Å². The Morgan fingerprint density at radius 3 is 2.21 bits per heavy atom.